The summed E-state index contributed by atoms with van der Waals surface area (Å²) in [7, 11) is 0. The van der Waals surface area contributed by atoms with Crippen LogP contribution in [0.4, 0.5) is 0 Å². The fourth-order valence-corrected chi connectivity index (χ4v) is 1.49. The summed E-state index contributed by atoms with van der Waals surface area (Å²) in [6, 6.07) is 7.81. The fourth-order valence-electron chi connectivity index (χ4n) is 1.09. The summed E-state index contributed by atoms with van der Waals surface area (Å²) in [6.07, 6.45) is 0. The molecule has 15 heavy (non-hydrogen) atoms. The van der Waals surface area contributed by atoms with Crippen molar-refractivity contribution < 1.29 is 4.74 Å². The van der Waals surface area contributed by atoms with Crippen molar-refractivity contribution in [3.8, 4) is 5.75 Å². The van der Waals surface area contributed by atoms with E-state index in [4.69, 9.17) is 4.74 Å². The molecule has 0 aliphatic rings. The first kappa shape index (κ1) is 12.3. The lowest BCUT2D eigenvalue weighted by Gasteiger charge is -2.10. The van der Waals surface area contributed by atoms with Crippen LogP contribution in [0.5, 0.6) is 5.75 Å². The first-order chi connectivity index (χ1) is 7.24. The van der Waals surface area contributed by atoms with Crippen molar-refractivity contribution in [1.82, 2.24) is 5.32 Å². The molecule has 0 aromatic heterocycles. The molecular formula is C12H16BrNO. The second-order valence-corrected chi connectivity index (χ2v) is 4.10. The van der Waals surface area contributed by atoms with Gasteiger partial charge in [-0.3, -0.25) is 0 Å². The molecule has 1 N–H and O–H groups in total. The van der Waals surface area contributed by atoms with Crippen LogP contribution < -0.4 is 10.1 Å². The Labute approximate surface area is 99.5 Å². The van der Waals surface area contributed by atoms with Crippen LogP contribution in [0.2, 0.25) is 0 Å². The zero-order chi connectivity index (χ0) is 11.1. The standard InChI is InChI=1S/C12H16BrNO/c1-3-14-8-10(2)9-15-12-7-5-4-6-11(12)13/h4-7,14H,2-3,8-9H2,1H3. The number of hydrogen-bond acceptors (Lipinski definition) is 2. The van der Waals surface area contributed by atoms with E-state index in [-0.39, 0.29) is 0 Å². The maximum absolute atomic E-state index is 5.61. The van der Waals surface area contributed by atoms with Crippen LogP contribution in [0, 0.1) is 0 Å². The lowest BCUT2D eigenvalue weighted by atomic mass is 10.3. The Bertz CT molecular complexity index is 325. The highest BCUT2D eigenvalue weighted by Gasteiger charge is 2.00. The van der Waals surface area contributed by atoms with Crippen LogP contribution in [0.1, 0.15) is 6.92 Å². The summed E-state index contributed by atoms with van der Waals surface area (Å²) in [5.74, 6) is 0.857. The lowest BCUT2D eigenvalue weighted by Crippen LogP contribution is -2.18. The second-order valence-electron chi connectivity index (χ2n) is 3.25. The number of hydrogen-bond donors (Lipinski definition) is 1. The molecule has 0 radical (unpaired) electrons. The summed E-state index contributed by atoms with van der Waals surface area (Å²) in [5, 5.41) is 3.21. The van der Waals surface area contributed by atoms with Crippen molar-refractivity contribution in [1.29, 1.82) is 0 Å². The quantitative estimate of drug-likeness (QED) is 0.802. The first-order valence-electron chi connectivity index (χ1n) is 4.98. The maximum atomic E-state index is 5.61. The fraction of sp³-hybridized carbons (Fsp3) is 0.333. The van der Waals surface area contributed by atoms with Gasteiger partial charge in [0.05, 0.1) is 4.47 Å². The summed E-state index contributed by atoms with van der Waals surface area (Å²) in [6.45, 7) is 8.32. The normalized spacial score (nSPS) is 10.0. The number of para-hydroxylation sites is 1. The third-order valence-corrected chi connectivity index (χ3v) is 2.55. The molecule has 0 saturated heterocycles. The van der Waals surface area contributed by atoms with Gasteiger partial charge in [0.1, 0.15) is 12.4 Å². The lowest BCUT2D eigenvalue weighted by molar-refractivity contribution is 0.346. The van der Waals surface area contributed by atoms with Crippen LogP contribution in [-0.4, -0.2) is 19.7 Å². The molecule has 0 aliphatic carbocycles. The third kappa shape index (κ3) is 4.49. The highest BCUT2D eigenvalue weighted by molar-refractivity contribution is 9.10. The van der Waals surface area contributed by atoms with Gasteiger partial charge in [-0.2, -0.15) is 0 Å². The number of halogens is 1. The molecule has 1 aromatic carbocycles. The molecular weight excluding hydrogens is 254 g/mol. The zero-order valence-corrected chi connectivity index (χ0v) is 10.5. The minimum atomic E-state index is 0.551. The topological polar surface area (TPSA) is 21.3 Å². The predicted octanol–water partition coefficient (Wildman–Crippen LogP) is 2.99. The Hall–Kier alpha value is -0.800. The van der Waals surface area contributed by atoms with Crippen LogP contribution >= 0.6 is 15.9 Å². The van der Waals surface area contributed by atoms with Crippen molar-refractivity contribution >= 4 is 15.9 Å². The molecule has 0 aliphatic heterocycles. The first-order valence-corrected chi connectivity index (χ1v) is 5.78. The third-order valence-electron chi connectivity index (χ3n) is 1.89. The van der Waals surface area contributed by atoms with Crippen LogP contribution in [0.15, 0.2) is 40.9 Å². The average Bonchev–Trinajstić information content (AvgIpc) is 2.25. The molecule has 0 fully saturated rings. The minimum Gasteiger partial charge on any atom is -0.488 e. The van der Waals surface area contributed by atoms with E-state index < -0.39 is 0 Å². The molecule has 2 nitrogen and oxygen atoms in total. The molecule has 0 amide bonds. The largest absolute Gasteiger partial charge is 0.488 e. The molecule has 3 heteroatoms. The molecule has 82 valence electrons. The van der Waals surface area contributed by atoms with E-state index in [1.165, 1.54) is 0 Å². The summed E-state index contributed by atoms with van der Waals surface area (Å²) in [5.41, 5.74) is 1.05. The van der Waals surface area contributed by atoms with E-state index in [9.17, 15) is 0 Å². The monoisotopic (exact) mass is 269 g/mol. The predicted molar refractivity (Wildman–Crippen MR) is 67.3 cm³/mol. The smallest absolute Gasteiger partial charge is 0.133 e. The van der Waals surface area contributed by atoms with Gasteiger partial charge >= 0.3 is 0 Å². The van der Waals surface area contributed by atoms with Gasteiger partial charge in [0.15, 0.2) is 0 Å². The van der Waals surface area contributed by atoms with E-state index >= 15 is 0 Å². The van der Waals surface area contributed by atoms with Gasteiger partial charge < -0.3 is 10.1 Å². The Balaban J connectivity index is 2.37. The van der Waals surface area contributed by atoms with Crippen molar-refractivity contribution in [2.75, 3.05) is 19.7 Å². The average molecular weight is 270 g/mol. The number of nitrogens with one attached hydrogen (secondary N) is 1. The Morgan fingerprint density at radius 1 is 1.47 bits per heavy atom. The minimum absolute atomic E-state index is 0.551. The van der Waals surface area contributed by atoms with E-state index in [1.54, 1.807) is 0 Å². The van der Waals surface area contributed by atoms with Gasteiger partial charge in [-0.1, -0.05) is 25.6 Å². The maximum Gasteiger partial charge on any atom is 0.133 e. The molecule has 1 aromatic rings. The zero-order valence-electron chi connectivity index (χ0n) is 8.92. The van der Waals surface area contributed by atoms with Crippen LogP contribution in [-0.2, 0) is 0 Å². The molecule has 0 heterocycles. The SMILES string of the molecule is C=C(CNCC)COc1ccccc1Br. The summed E-state index contributed by atoms with van der Waals surface area (Å²) >= 11 is 3.43. The van der Waals surface area contributed by atoms with Crippen LogP contribution in [0.3, 0.4) is 0 Å². The van der Waals surface area contributed by atoms with Gasteiger partial charge in [0.2, 0.25) is 0 Å². The Morgan fingerprint density at radius 3 is 2.87 bits per heavy atom. The summed E-state index contributed by atoms with van der Waals surface area (Å²) in [4.78, 5) is 0. The Morgan fingerprint density at radius 2 is 2.20 bits per heavy atom. The van der Waals surface area contributed by atoms with Crippen molar-refractivity contribution in [2.24, 2.45) is 0 Å². The van der Waals surface area contributed by atoms with Crippen molar-refractivity contribution in [3.63, 3.8) is 0 Å². The molecule has 0 bridgehead atoms. The van der Waals surface area contributed by atoms with Gasteiger partial charge in [0.25, 0.3) is 0 Å². The van der Waals surface area contributed by atoms with Gasteiger partial charge in [0, 0.05) is 6.54 Å². The second kappa shape index (κ2) is 6.64. The number of likely N-dealkylation sites (N-methyl/N-ethyl adjacent to an activating group) is 1. The molecule has 0 unspecified atom stereocenters. The number of ether oxygens (including phenoxy) is 1. The van der Waals surface area contributed by atoms with Crippen LogP contribution in [0.25, 0.3) is 0 Å². The number of rotatable bonds is 6. The Kier molecular flexibility index (Phi) is 5.43. The number of benzene rings is 1. The summed E-state index contributed by atoms with van der Waals surface area (Å²) < 4.78 is 6.58. The van der Waals surface area contributed by atoms with Crippen molar-refractivity contribution in [3.05, 3.63) is 40.9 Å². The van der Waals surface area contributed by atoms with E-state index in [0.717, 1.165) is 28.9 Å². The van der Waals surface area contributed by atoms with E-state index in [2.05, 4.69) is 34.7 Å². The molecule has 0 atom stereocenters. The highest BCUT2D eigenvalue weighted by atomic mass is 79.9. The molecule has 0 spiro atoms. The van der Waals surface area contributed by atoms with Crippen molar-refractivity contribution in [2.45, 2.75) is 6.92 Å². The molecule has 0 saturated carbocycles. The van der Waals surface area contributed by atoms with Gasteiger partial charge in [-0.25, -0.2) is 0 Å². The van der Waals surface area contributed by atoms with Gasteiger partial charge in [-0.05, 0) is 40.2 Å². The molecule has 1 rings (SSSR count). The van der Waals surface area contributed by atoms with E-state index in [0.29, 0.717) is 6.61 Å². The highest BCUT2D eigenvalue weighted by Crippen LogP contribution is 2.23. The van der Waals surface area contributed by atoms with Gasteiger partial charge in [-0.15, -0.1) is 0 Å². The van der Waals surface area contributed by atoms with E-state index in [1.807, 2.05) is 24.3 Å².